The molecule has 40 heavy (non-hydrogen) atoms. The number of nitrogens with zero attached hydrogens (tertiary/aromatic N) is 6. The Balaban J connectivity index is 1.23. The third-order valence-electron chi connectivity index (χ3n) is 7.57. The lowest BCUT2D eigenvalue weighted by molar-refractivity contribution is 0.0240. The largest absolute Gasteiger partial charge is 0.444 e. The number of benzene rings is 1. The monoisotopic (exact) mass is 547 g/mol. The maximum atomic E-state index is 12.9. The molecule has 1 aromatic carbocycles. The Labute approximate surface area is 236 Å². The number of ether oxygens (including phenoxy) is 1. The van der Waals surface area contributed by atoms with Crippen molar-refractivity contribution < 1.29 is 14.3 Å². The Bertz CT molecular complexity index is 1350. The van der Waals surface area contributed by atoms with Crippen molar-refractivity contribution in [3.05, 3.63) is 47.8 Å². The fourth-order valence-corrected chi connectivity index (χ4v) is 5.50. The third kappa shape index (κ3) is 6.16. The van der Waals surface area contributed by atoms with Crippen LogP contribution in [-0.2, 0) is 11.3 Å². The molecule has 0 radical (unpaired) electrons. The molecule has 0 bridgehead atoms. The summed E-state index contributed by atoms with van der Waals surface area (Å²) in [6.45, 7) is 9.08. The minimum absolute atomic E-state index is 0.00856. The van der Waals surface area contributed by atoms with E-state index in [1.165, 1.54) is 12.8 Å². The Hall–Kier alpha value is -3.82. The molecule has 0 spiro atoms. The lowest BCUT2D eigenvalue weighted by Crippen LogP contribution is -2.50. The molecule has 3 aromatic rings. The summed E-state index contributed by atoms with van der Waals surface area (Å²) in [5.41, 5.74) is 3.27. The minimum Gasteiger partial charge on any atom is -0.444 e. The topological polar surface area (TPSA) is 95.8 Å². The van der Waals surface area contributed by atoms with Gasteiger partial charge in [0.25, 0.3) is 5.91 Å². The first kappa shape index (κ1) is 27.7. The van der Waals surface area contributed by atoms with Gasteiger partial charge in [0.05, 0.1) is 0 Å². The number of carbonyl (C=O) groups is 2. The van der Waals surface area contributed by atoms with Gasteiger partial charge in [0.15, 0.2) is 0 Å². The average molecular weight is 548 g/mol. The predicted molar refractivity (Wildman–Crippen MR) is 157 cm³/mol. The van der Waals surface area contributed by atoms with E-state index in [0.717, 1.165) is 48.2 Å². The zero-order chi connectivity index (χ0) is 28.4. The van der Waals surface area contributed by atoms with E-state index in [-0.39, 0.29) is 18.0 Å². The molecule has 1 saturated carbocycles. The molecule has 5 rings (SSSR count). The first-order chi connectivity index (χ1) is 19.1. The summed E-state index contributed by atoms with van der Waals surface area (Å²) in [7, 11) is 3.57. The summed E-state index contributed by atoms with van der Waals surface area (Å²) in [6, 6.07) is 10.7. The normalized spacial score (nSPS) is 16.4. The van der Waals surface area contributed by atoms with Gasteiger partial charge in [-0.05, 0) is 57.4 Å². The molecule has 0 unspecified atom stereocenters. The van der Waals surface area contributed by atoms with Crippen LogP contribution in [0.15, 0.2) is 36.5 Å². The number of rotatable bonds is 6. The van der Waals surface area contributed by atoms with Crippen molar-refractivity contribution in [1.29, 1.82) is 0 Å². The van der Waals surface area contributed by atoms with Crippen LogP contribution in [0.5, 0.6) is 0 Å². The van der Waals surface area contributed by atoms with Crippen molar-refractivity contribution >= 4 is 34.7 Å². The van der Waals surface area contributed by atoms with Crippen LogP contribution in [-0.4, -0.2) is 82.2 Å². The summed E-state index contributed by atoms with van der Waals surface area (Å²) < 4.78 is 7.64. The minimum atomic E-state index is -0.483. The number of amides is 2. The number of nitrogens with one attached hydrogen (secondary N) is 1. The highest BCUT2D eigenvalue weighted by atomic mass is 16.6. The van der Waals surface area contributed by atoms with Crippen molar-refractivity contribution in [2.24, 2.45) is 0 Å². The number of anilines is 2. The fraction of sp³-hybridized carbons (Fsp3) is 0.533. The van der Waals surface area contributed by atoms with E-state index >= 15 is 0 Å². The molecular formula is C30H41N7O3. The van der Waals surface area contributed by atoms with E-state index in [1.54, 1.807) is 23.9 Å². The van der Waals surface area contributed by atoms with Gasteiger partial charge in [-0.25, -0.2) is 9.78 Å². The van der Waals surface area contributed by atoms with Crippen molar-refractivity contribution in [3.63, 3.8) is 0 Å². The van der Waals surface area contributed by atoms with Crippen LogP contribution < -0.4 is 10.2 Å². The van der Waals surface area contributed by atoms with Crippen LogP contribution >= 0.6 is 0 Å². The van der Waals surface area contributed by atoms with Crippen LogP contribution in [0.2, 0.25) is 0 Å². The van der Waals surface area contributed by atoms with Gasteiger partial charge in [0, 0.05) is 70.1 Å². The summed E-state index contributed by atoms with van der Waals surface area (Å²) in [5, 5.41) is 4.25. The van der Waals surface area contributed by atoms with Crippen molar-refractivity contribution in [2.75, 3.05) is 50.5 Å². The third-order valence-corrected chi connectivity index (χ3v) is 7.57. The van der Waals surface area contributed by atoms with Crippen LogP contribution in [0, 0.1) is 0 Å². The van der Waals surface area contributed by atoms with Gasteiger partial charge >= 0.3 is 6.09 Å². The lowest BCUT2D eigenvalue weighted by atomic mass is 10.1. The molecule has 2 amide bonds. The van der Waals surface area contributed by atoms with Crippen LogP contribution in [0.3, 0.4) is 0 Å². The molecule has 1 aliphatic carbocycles. The summed E-state index contributed by atoms with van der Waals surface area (Å²) in [5.74, 6) is 0.543. The molecule has 214 valence electrons. The zero-order valence-corrected chi connectivity index (χ0v) is 24.3. The number of hydrogen-bond acceptors (Lipinski definition) is 7. The number of piperazine rings is 1. The molecular weight excluding hydrogens is 506 g/mol. The zero-order valence-electron chi connectivity index (χ0n) is 24.3. The molecule has 3 heterocycles. The molecule has 1 saturated heterocycles. The Kier molecular flexibility index (Phi) is 7.87. The summed E-state index contributed by atoms with van der Waals surface area (Å²) in [6.07, 6.45) is 6.03. The molecule has 0 atom stereocenters. The first-order valence-electron chi connectivity index (χ1n) is 14.2. The van der Waals surface area contributed by atoms with Gasteiger partial charge in [0.1, 0.15) is 16.9 Å². The smallest absolute Gasteiger partial charge is 0.410 e. The van der Waals surface area contributed by atoms with E-state index in [1.807, 2.05) is 33.0 Å². The van der Waals surface area contributed by atoms with Crippen molar-refractivity contribution in [2.45, 2.75) is 64.6 Å². The Morgan fingerprint density at radius 2 is 1.73 bits per heavy atom. The van der Waals surface area contributed by atoms with E-state index in [4.69, 9.17) is 9.72 Å². The number of hydrogen-bond donors (Lipinski definition) is 1. The van der Waals surface area contributed by atoms with Crippen LogP contribution in [0.4, 0.5) is 16.4 Å². The standard InChI is InChI=1S/C30H41N7O3/c1-30(2,3)40-29(39)36-16-14-35(15-17-36)23-12-10-21(11-13-23)19-31-28-32-20-22-18-25(27(38)34(4)5)37(26(22)33-28)24-8-6-7-9-24/h10-13,18,20,24H,6-9,14-17,19H2,1-5H3,(H,31,32,33). The van der Waals surface area contributed by atoms with E-state index in [9.17, 15) is 9.59 Å². The first-order valence-corrected chi connectivity index (χ1v) is 14.2. The number of fused-ring (bicyclic) bond motifs is 1. The van der Waals surface area contributed by atoms with Gasteiger partial charge in [-0.3, -0.25) is 4.79 Å². The van der Waals surface area contributed by atoms with E-state index in [0.29, 0.717) is 31.3 Å². The van der Waals surface area contributed by atoms with Crippen molar-refractivity contribution in [3.8, 4) is 0 Å². The molecule has 2 aromatic heterocycles. The maximum absolute atomic E-state index is 12.9. The second-order valence-corrected chi connectivity index (χ2v) is 12.0. The van der Waals surface area contributed by atoms with Gasteiger partial charge in [-0.1, -0.05) is 25.0 Å². The maximum Gasteiger partial charge on any atom is 0.410 e. The van der Waals surface area contributed by atoms with Gasteiger partial charge in [-0.2, -0.15) is 4.98 Å². The predicted octanol–water partition coefficient (Wildman–Crippen LogP) is 4.92. The molecule has 1 N–H and O–H groups in total. The number of carbonyl (C=O) groups excluding carboxylic acids is 2. The summed E-state index contributed by atoms with van der Waals surface area (Å²) in [4.78, 5) is 40.4. The van der Waals surface area contributed by atoms with Gasteiger partial charge in [-0.15, -0.1) is 0 Å². The molecule has 2 fully saturated rings. The van der Waals surface area contributed by atoms with E-state index in [2.05, 4.69) is 44.0 Å². The SMILES string of the molecule is CN(C)C(=O)c1cc2cnc(NCc3ccc(N4CCN(C(=O)OC(C)(C)C)CC4)cc3)nc2n1C1CCCC1. The van der Waals surface area contributed by atoms with Crippen LogP contribution in [0.1, 0.15) is 68.5 Å². The quantitative estimate of drug-likeness (QED) is 0.468. The highest BCUT2D eigenvalue weighted by molar-refractivity contribution is 5.97. The fourth-order valence-electron chi connectivity index (χ4n) is 5.50. The second kappa shape index (κ2) is 11.3. The molecule has 2 aliphatic rings. The van der Waals surface area contributed by atoms with Gasteiger partial charge < -0.3 is 29.3 Å². The second-order valence-electron chi connectivity index (χ2n) is 12.0. The van der Waals surface area contributed by atoms with Crippen molar-refractivity contribution in [1.82, 2.24) is 24.3 Å². The Morgan fingerprint density at radius 3 is 2.35 bits per heavy atom. The van der Waals surface area contributed by atoms with E-state index < -0.39 is 5.60 Å². The summed E-state index contributed by atoms with van der Waals surface area (Å²) >= 11 is 0. The van der Waals surface area contributed by atoms with Gasteiger partial charge in [0.2, 0.25) is 5.95 Å². The lowest BCUT2D eigenvalue weighted by Gasteiger charge is -2.36. The molecule has 10 nitrogen and oxygen atoms in total. The highest BCUT2D eigenvalue weighted by Gasteiger charge is 2.27. The molecule has 10 heteroatoms. The average Bonchev–Trinajstić information content (AvgIpc) is 3.58. The highest BCUT2D eigenvalue weighted by Crippen LogP contribution is 2.34. The number of aromatic nitrogens is 3. The molecule has 1 aliphatic heterocycles. The van der Waals surface area contributed by atoms with Crippen LogP contribution in [0.25, 0.3) is 11.0 Å². The Morgan fingerprint density at radius 1 is 1.05 bits per heavy atom.